The van der Waals surface area contributed by atoms with Gasteiger partial charge in [0.25, 0.3) is 0 Å². The molecule has 0 aromatic carbocycles. The number of ether oxygens (including phenoxy) is 1. The minimum atomic E-state index is -0.367. The Morgan fingerprint density at radius 3 is 2.80 bits per heavy atom. The Morgan fingerprint density at radius 1 is 1.30 bits per heavy atom. The lowest BCUT2D eigenvalue weighted by atomic mass is 9.70. The first-order valence-electron chi connectivity index (χ1n) is 8.14. The quantitative estimate of drug-likeness (QED) is 0.804. The molecule has 4 nitrogen and oxygen atoms in total. The van der Waals surface area contributed by atoms with Gasteiger partial charge in [-0.1, -0.05) is 26.7 Å². The minimum Gasteiger partial charge on any atom is -0.468 e. The fourth-order valence-electron chi connectivity index (χ4n) is 3.93. The lowest BCUT2D eigenvalue weighted by Crippen LogP contribution is -2.58. The highest BCUT2D eigenvalue weighted by atomic mass is 16.5. The van der Waals surface area contributed by atoms with E-state index in [1.807, 2.05) is 0 Å². The molecule has 0 aromatic rings. The number of hydrogen-bond acceptors (Lipinski definition) is 4. The number of rotatable bonds is 3. The van der Waals surface area contributed by atoms with Gasteiger partial charge in [0.1, 0.15) is 5.54 Å². The maximum Gasteiger partial charge on any atom is 0.326 e. The summed E-state index contributed by atoms with van der Waals surface area (Å²) in [4.78, 5) is 15.0. The van der Waals surface area contributed by atoms with Crippen molar-refractivity contribution in [2.75, 3.05) is 33.3 Å². The van der Waals surface area contributed by atoms with E-state index in [0.29, 0.717) is 11.8 Å². The van der Waals surface area contributed by atoms with Gasteiger partial charge in [0.05, 0.1) is 7.11 Å². The molecule has 1 aliphatic carbocycles. The second-order valence-corrected chi connectivity index (χ2v) is 6.71. The van der Waals surface area contributed by atoms with Crippen LogP contribution in [0, 0.1) is 11.8 Å². The molecule has 2 rings (SSSR count). The van der Waals surface area contributed by atoms with Crippen LogP contribution in [0.1, 0.15) is 46.0 Å². The summed E-state index contributed by atoms with van der Waals surface area (Å²) in [7, 11) is 1.54. The lowest BCUT2D eigenvalue weighted by molar-refractivity contribution is -0.160. The van der Waals surface area contributed by atoms with Gasteiger partial charge in [-0.15, -0.1) is 0 Å². The van der Waals surface area contributed by atoms with Crippen LogP contribution in [0.5, 0.6) is 0 Å². The number of nitrogens with zero attached hydrogens (tertiary/aromatic N) is 1. The average Bonchev–Trinajstić information content (AvgIpc) is 2.75. The molecule has 20 heavy (non-hydrogen) atoms. The molecular formula is C16H30N2O2. The molecule has 2 unspecified atom stereocenters. The summed E-state index contributed by atoms with van der Waals surface area (Å²) in [6.45, 7) is 8.56. The van der Waals surface area contributed by atoms with Crippen molar-refractivity contribution in [2.45, 2.75) is 51.5 Å². The van der Waals surface area contributed by atoms with Crippen LogP contribution in [0.3, 0.4) is 0 Å². The van der Waals surface area contributed by atoms with Crippen LogP contribution in [0.4, 0.5) is 0 Å². The van der Waals surface area contributed by atoms with Gasteiger partial charge >= 0.3 is 5.97 Å². The van der Waals surface area contributed by atoms with Gasteiger partial charge in [0.15, 0.2) is 0 Å². The molecule has 1 heterocycles. The molecule has 1 saturated carbocycles. The maximum atomic E-state index is 12.6. The summed E-state index contributed by atoms with van der Waals surface area (Å²) in [5, 5.41) is 3.43. The van der Waals surface area contributed by atoms with Gasteiger partial charge < -0.3 is 10.1 Å². The van der Waals surface area contributed by atoms with E-state index in [9.17, 15) is 4.79 Å². The molecule has 1 N–H and O–H groups in total. The van der Waals surface area contributed by atoms with Gasteiger partial charge in [-0.2, -0.15) is 0 Å². The molecule has 0 radical (unpaired) electrons. The Morgan fingerprint density at radius 2 is 2.10 bits per heavy atom. The second-order valence-electron chi connectivity index (χ2n) is 6.71. The largest absolute Gasteiger partial charge is 0.468 e. The Labute approximate surface area is 123 Å². The van der Waals surface area contributed by atoms with Gasteiger partial charge in [-0.3, -0.25) is 9.69 Å². The van der Waals surface area contributed by atoms with Crippen molar-refractivity contribution < 1.29 is 9.53 Å². The number of hydrogen-bond donors (Lipinski definition) is 1. The number of carbonyl (C=O) groups is 1. The maximum absolute atomic E-state index is 12.6. The fraction of sp³-hybridized carbons (Fsp3) is 0.938. The van der Waals surface area contributed by atoms with Crippen molar-refractivity contribution in [3.63, 3.8) is 0 Å². The summed E-state index contributed by atoms with van der Waals surface area (Å²) in [6.07, 6.45) is 5.44. The van der Waals surface area contributed by atoms with E-state index in [-0.39, 0.29) is 11.5 Å². The second kappa shape index (κ2) is 6.90. The zero-order valence-electron chi connectivity index (χ0n) is 13.3. The predicted octanol–water partition coefficient (Wildman–Crippen LogP) is 2.04. The van der Waals surface area contributed by atoms with Crippen LogP contribution in [0.15, 0.2) is 0 Å². The predicted molar refractivity (Wildman–Crippen MR) is 80.6 cm³/mol. The molecule has 0 spiro atoms. The van der Waals surface area contributed by atoms with Gasteiger partial charge in [0, 0.05) is 19.6 Å². The molecule has 1 aliphatic heterocycles. The van der Waals surface area contributed by atoms with Crippen molar-refractivity contribution in [3.05, 3.63) is 0 Å². The monoisotopic (exact) mass is 282 g/mol. The fourth-order valence-corrected chi connectivity index (χ4v) is 3.93. The molecule has 0 bridgehead atoms. The average molecular weight is 282 g/mol. The molecule has 0 aromatic heterocycles. The summed E-state index contributed by atoms with van der Waals surface area (Å²) < 4.78 is 5.21. The molecule has 0 amide bonds. The van der Waals surface area contributed by atoms with Crippen molar-refractivity contribution >= 4 is 5.97 Å². The zero-order valence-corrected chi connectivity index (χ0v) is 13.3. The minimum absolute atomic E-state index is 0.00949. The first-order valence-corrected chi connectivity index (χ1v) is 8.14. The third-order valence-electron chi connectivity index (χ3n) is 5.22. The number of nitrogens with one attached hydrogen (secondary N) is 1. The van der Waals surface area contributed by atoms with Gasteiger partial charge in [0.2, 0.25) is 0 Å². The van der Waals surface area contributed by atoms with E-state index in [2.05, 4.69) is 24.1 Å². The summed E-state index contributed by atoms with van der Waals surface area (Å²) in [5.74, 6) is 1.27. The van der Waals surface area contributed by atoms with Crippen LogP contribution in [0.25, 0.3) is 0 Å². The van der Waals surface area contributed by atoms with Crippen molar-refractivity contribution in [2.24, 2.45) is 11.8 Å². The molecule has 2 fully saturated rings. The third-order valence-corrected chi connectivity index (χ3v) is 5.22. The van der Waals surface area contributed by atoms with Crippen LogP contribution in [-0.2, 0) is 9.53 Å². The smallest absolute Gasteiger partial charge is 0.326 e. The van der Waals surface area contributed by atoms with Crippen molar-refractivity contribution in [1.29, 1.82) is 0 Å². The van der Waals surface area contributed by atoms with E-state index in [0.717, 1.165) is 51.9 Å². The normalized spacial score (nSPS) is 32.9. The van der Waals surface area contributed by atoms with E-state index >= 15 is 0 Å². The number of carbonyl (C=O) groups excluding carboxylic acids is 1. The number of methoxy groups -OCH3 is 1. The van der Waals surface area contributed by atoms with E-state index < -0.39 is 0 Å². The highest BCUT2D eigenvalue weighted by Crippen LogP contribution is 2.41. The van der Waals surface area contributed by atoms with E-state index in [4.69, 9.17) is 4.74 Å². The Balaban J connectivity index is 2.22. The Hall–Kier alpha value is -0.610. The summed E-state index contributed by atoms with van der Waals surface area (Å²) in [5.41, 5.74) is -0.367. The first-order chi connectivity index (χ1) is 9.60. The lowest BCUT2D eigenvalue weighted by Gasteiger charge is -2.47. The van der Waals surface area contributed by atoms with Gasteiger partial charge in [-0.05, 0) is 37.6 Å². The summed E-state index contributed by atoms with van der Waals surface area (Å²) in [6, 6.07) is 0. The highest BCUT2D eigenvalue weighted by molar-refractivity contribution is 5.81. The zero-order chi connectivity index (χ0) is 14.6. The van der Waals surface area contributed by atoms with E-state index in [1.165, 1.54) is 6.42 Å². The van der Waals surface area contributed by atoms with Crippen molar-refractivity contribution in [3.8, 4) is 0 Å². The SMILES string of the molecule is COC(=O)C1(N2CCCNCC2)CCCC(C(C)C)C1. The van der Waals surface area contributed by atoms with Crippen LogP contribution < -0.4 is 5.32 Å². The molecule has 2 atom stereocenters. The molecule has 2 aliphatic rings. The van der Waals surface area contributed by atoms with Crippen LogP contribution in [0.2, 0.25) is 0 Å². The summed E-state index contributed by atoms with van der Waals surface area (Å²) >= 11 is 0. The topological polar surface area (TPSA) is 41.6 Å². The molecular weight excluding hydrogens is 252 g/mol. The Kier molecular flexibility index (Phi) is 5.44. The molecule has 4 heteroatoms. The van der Waals surface area contributed by atoms with Crippen LogP contribution >= 0.6 is 0 Å². The highest BCUT2D eigenvalue weighted by Gasteiger charge is 2.48. The van der Waals surface area contributed by atoms with Gasteiger partial charge in [-0.25, -0.2) is 0 Å². The van der Waals surface area contributed by atoms with Crippen molar-refractivity contribution in [1.82, 2.24) is 10.2 Å². The first kappa shape index (κ1) is 15.8. The number of esters is 1. The molecule has 1 saturated heterocycles. The standard InChI is InChI=1S/C16H30N2O2/c1-13(2)14-6-4-7-16(12-14,15(19)20-3)18-10-5-8-17-9-11-18/h13-14,17H,4-12H2,1-3H3. The molecule has 116 valence electrons. The van der Waals surface area contributed by atoms with Crippen LogP contribution in [-0.4, -0.2) is 49.7 Å². The third kappa shape index (κ3) is 3.17. The van der Waals surface area contributed by atoms with E-state index in [1.54, 1.807) is 7.11 Å². The Bertz CT molecular complexity index is 324.